The Labute approximate surface area is 196 Å². The Hall–Kier alpha value is -2.26. The van der Waals surface area contributed by atoms with Gasteiger partial charge < -0.3 is 0 Å². The van der Waals surface area contributed by atoms with Crippen LogP contribution in [0.15, 0.2) is 80.3 Å². The number of halogens is 2. The number of rotatable bonds is 6. The first-order chi connectivity index (χ1) is 14.7. The third kappa shape index (κ3) is 4.82. The van der Waals surface area contributed by atoms with Crippen LogP contribution in [0.3, 0.4) is 0 Å². The van der Waals surface area contributed by atoms with Gasteiger partial charge in [0.1, 0.15) is 9.96 Å². The molecule has 9 heteroatoms. The minimum atomic E-state index is -3.70. The van der Waals surface area contributed by atoms with Crippen LogP contribution in [-0.4, -0.2) is 24.5 Å². The predicted molar refractivity (Wildman–Crippen MR) is 127 cm³/mol. The van der Waals surface area contributed by atoms with Gasteiger partial charge in [-0.3, -0.25) is 14.2 Å². The van der Waals surface area contributed by atoms with Gasteiger partial charge in [0, 0.05) is 28.2 Å². The van der Waals surface area contributed by atoms with Gasteiger partial charge in [-0.15, -0.1) is 11.3 Å². The van der Waals surface area contributed by atoms with E-state index in [1.165, 1.54) is 16.7 Å². The highest BCUT2D eigenvalue weighted by Gasteiger charge is 2.21. The number of benzene rings is 2. The molecule has 5 nitrogen and oxygen atoms in total. The summed E-state index contributed by atoms with van der Waals surface area (Å²) in [5.41, 5.74) is 1.18. The summed E-state index contributed by atoms with van der Waals surface area (Å²) in [6.45, 7) is 0. The van der Waals surface area contributed by atoms with E-state index < -0.39 is 21.4 Å². The normalized spacial score (nSPS) is 11.7. The highest BCUT2D eigenvalue weighted by atomic mass is 79.9. The molecule has 0 bridgehead atoms. The largest absolute Gasteiger partial charge is 0.298 e. The summed E-state index contributed by atoms with van der Waals surface area (Å²) in [7, 11) is -3.70. The predicted octanol–water partition coefficient (Wildman–Crippen LogP) is 5.05. The third-order valence-corrected chi connectivity index (χ3v) is 8.67. The first-order valence-corrected chi connectivity index (χ1v) is 12.8. The summed E-state index contributed by atoms with van der Waals surface area (Å²) < 4.78 is 27.5. The fourth-order valence-corrected chi connectivity index (χ4v) is 6.39. The second kappa shape index (κ2) is 8.70. The number of sulfone groups is 1. The first-order valence-electron chi connectivity index (χ1n) is 9.13. The molecule has 0 aliphatic carbocycles. The zero-order chi connectivity index (χ0) is 22.2. The molecule has 0 unspecified atom stereocenters. The van der Waals surface area contributed by atoms with Gasteiger partial charge >= 0.3 is 0 Å². The molecule has 0 aliphatic heterocycles. The molecular formula is C22H15BrClNO4S2. The van der Waals surface area contributed by atoms with Gasteiger partial charge in [-0.05, 0) is 53.4 Å². The average molecular weight is 537 g/mol. The minimum Gasteiger partial charge on any atom is -0.298 e. The maximum absolute atomic E-state index is 12.8. The number of aromatic nitrogens is 1. The van der Waals surface area contributed by atoms with Crippen molar-refractivity contribution in [1.29, 1.82) is 0 Å². The monoisotopic (exact) mass is 535 g/mol. The van der Waals surface area contributed by atoms with Crippen LogP contribution >= 0.6 is 38.9 Å². The molecule has 158 valence electrons. The van der Waals surface area contributed by atoms with Crippen molar-refractivity contribution in [2.75, 3.05) is 5.75 Å². The molecule has 4 aromatic rings. The number of carbonyl (C=O) groups excluding carboxylic acids is 1. The standard InChI is InChI=1S/C22H15BrClNO4S2/c23-16-4-3-15-9-10-25(22(27)19(15)12-16)17-5-1-14(2-6-17)11-18(26)13-31(28,29)21-8-7-20(24)30-21/h1-10,12H,11,13H2. The zero-order valence-electron chi connectivity index (χ0n) is 15.9. The van der Waals surface area contributed by atoms with E-state index >= 15 is 0 Å². The van der Waals surface area contributed by atoms with Crippen molar-refractivity contribution >= 4 is 65.3 Å². The number of Topliss-reactive ketones (excluding diaryl/α,β-unsaturated/α-hetero) is 1. The molecule has 0 saturated heterocycles. The number of carbonyl (C=O) groups is 1. The fourth-order valence-electron chi connectivity index (χ4n) is 3.22. The molecule has 0 spiro atoms. The van der Waals surface area contributed by atoms with Crippen molar-refractivity contribution in [2.24, 2.45) is 0 Å². The third-order valence-electron chi connectivity index (χ3n) is 4.69. The van der Waals surface area contributed by atoms with Gasteiger partial charge in [-0.2, -0.15) is 0 Å². The Balaban J connectivity index is 1.52. The van der Waals surface area contributed by atoms with Crippen molar-refractivity contribution in [2.45, 2.75) is 10.6 Å². The van der Waals surface area contributed by atoms with Crippen molar-refractivity contribution in [1.82, 2.24) is 4.57 Å². The van der Waals surface area contributed by atoms with Crippen LogP contribution in [0, 0.1) is 0 Å². The Kier molecular flexibility index (Phi) is 6.16. The number of fused-ring (bicyclic) bond motifs is 1. The quantitative estimate of drug-likeness (QED) is 0.346. The molecule has 2 heterocycles. The van der Waals surface area contributed by atoms with Gasteiger partial charge in [-0.25, -0.2) is 8.42 Å². The van der Waals surface area contributed by atoms with Crippen molar-refractivity contribution in [3.05, 3.63) is 91.6 Å². The van der Waals surface area contributed by atoms with E-state index in [1.54, 1.807) is 36.5 Å². The lowest BCUT2D eigenvalue weighted by Gasteiger charge is -2.09. The van der Waals surface area contributed by atoms with Crippen LogP contribution in [0.2, 0.25) is 4.34 Å². The van der Waals surface area contributed by atoms with Gasteiger partial charge in [0.05, 0.1) is 4.34 Å². The number of nitrogens with zero attached hydrogens (tertiary/aromatic N) is 1. The van der Waals surface area contributed by atoms with Crippen LogP contribution in [0.25, 0.3) is 16.5 Å². The molecule has 0 N–H and O–H groups in total. The van der Waals surface area contributed by atoms with Gasteiger partial charge in [-0.1, -0.05) is 45.7 Å². The lowest BCUT2D eigenvalue weighted by Crippen LogP contribution is -2.18. The van der Waals surface area contributed by atoms with Crippen molar-refractivity contribution in [3.8, 4) is 5.69 Å². The number of thiophene rings is 1. The Bertz CT molecular complexity index is 1460. The molecule has 0 aliphatic rings. The summed E-state index contributed by atoms with van der Waals surface area (Å²) in [4.78, 5) is 25.2. The molecule has 31 heavy (non-hydrogen) atoms. The van der Waals surface area contributed by atoms with Gasteiger partial charge in [0.2, 0.25) is 0 Å². The van der Waals surface area contributed by atoms with E-state index in [-0.39, 0.29) is 16.2 Å². The maximum atomic E-state index is 12.8. The first kappa shape index (κ1) is 22.0. The van der Waals surface area contributed by atoms with Crippen LogP contribution in [-0.2, 0) is 21.1 Å². The van der Waals surface area contributed by atoms with Crippen LogP contribution in [0.4, 0.5) is 0 Å². The Morgan fingerprint density at radius 2 is 1.77 bits per heavy atom. The molecule has 0 radical (unpaired) electrons. The minimum absolute atomic E-state index is 0.0157. The summed E-state index contributed by atoms with van der Waals surface area (Å²) in [5, 5.41) is 1.44. The molecule has 2 aromatic heterocycles. The topological polar surface area (TPSA) is 73.2 Å². The molecule has 2 aromatic carbocycles. The molecule has 4 rings (SSSR count). The molecule has 0 fully saturated rings. The maximum Gasteiger partial charge on any atom is 0.262 e. The molecule has 0 amide bonds. The van der Waals surface area contributed by atoms with E-state index in [9.17, 15) is 18.0 Å². The summed E-state index contributed by atoms with van der Waals surface area (Å²) in [6, 6.07) is 17.2. The van der Waals surface area contributed by atoms with Gasteiger partial charge in [0.25, 0.3) is 5.56 Å². The van der Waals surface area contributed by atoms with Crippen molar-refractivity contribution in [3.63, 3.8) is 0 Å². The van der Waals surface area contributed by atoms with Gasteiger partial charge in [0.15, 0.2) is 15.6 Å². The highest BCUT2D eigenvalue weighted by molar-refractivity contribution is 9.10. The van der Waals surface area contributed by atoms with Crippen LogP contribution < -0.4 is 5.56 Å². The number of ketones is 1. The SMILES string of the molecule is O=C(Cc1ccc(-n2ccc3ccc(Br)cc3c2=O)cc1)CS(=O)(=O)c1ccc(Cl)s1. The smallest absolute Gasteiger partial charge is 0.262 e. The lowest BCUT2D eigenvalue weighted by atomic mass is 10.1. The van der Waals surface area contributed by atoms with E-state index in [0.29, 0.717) is 21.0 Å². The number of pyridine rings is 1. The second-order valence-electron chi connectivity index (χ2n) is 6.92. The van der Waals surface area contributed by atoms with Crippen molar-refractivity contribution < 1.29 is 13.2 Å². The summed E-state index contributed by atoms with van der Waals surface area (Å²) >= 11 is 10.1. The Morgan fingerprint density at radius 1 is 1.03 bits per heavy atom. The van der Waals surface area contributed by atoms with E-state index in [2.05, 4.69) is 15.9 Å². The average Bonchev–Trinajstić information content (AvgIpc) is 3.16. The number of hydrogen-bond acceptors (Lipinski definition) is 5. The van der Waals surface area contributed by atoms with E-state index in [1.807, 2.05) is 18.2 Å². The number of hydrogen-bond donors (Lipinski definition) is 0. The van der Waals surface area contributed by atoms with E-state index in [4.69, 9.17) is 11.6 Å². The molecular weight excluding hydrogens is 522 g/mol. The highest BCUT2D eigenvalue weighted by Crippen LogP contribution is 2.26. The molecule has 0 atom stereocenters. The molecule has 0 saturated carbocycles. The second-order valence-corrected chi connectivity index (χ2v) is 11.8. The van der Waals surface area contributed by atoms with Crippen LogP contribution in [0.5, 0.6) is 0 Å². The summed E-state index contributed by atoms with van der Waals surface area (Å²) in [6.07, 6.45) is 1.69. The van der Waals surface area contributed by atoms with E-state index in [0.717, 1.165) is 21.2 Å². The van der Waals surface area contributed by atoms with Crippen LogP contribution in [0.1, 0.15) is 5.56 Å². The summed E-state index contributed by atoms with van der Waals surface area (Å²) in [5.74, 6) is -0.991. The fraction of sp³-hybridized carbons (Fsp3) is 0.0909. The Morgan fingerprint density at radius 3 is 2.45 bits per heavy atom. The lowest BCUT2D eigenvalue weighted by molar-refractivity contribution is -0.116. The zero-order valence-corrected chi connectivity index (χ0v) is 19.9.